The summed E-state index contributed by atoms with van der Waals surface area (Å²) < 4.78 is 13.4. The van der Waals surface area contributed by atoms with Crippen molar-refractivity contribution < 1.29 is 4.39 Å². The van der Waals surface area contributed by atoms with Crippen LogP contribution in [-0.4, -0.2) is 56.1 Å². The third-order valence-corrected chi connectivity index (χ3v) is 3.83. The van der Waals surface area contributed by atoms with E-state index in [-0.39, 0.29) is 5.82 Å². The minimum absolute atomic E-state index is 0.174. The van der Waals surface area contributed by atoms with E-state index < -0.39 is 0 Å². The lowest BCUT2D eigenvalue weighted by Crippen LogP contribution is -2.46. The fourth-order valence-corrected chi connectivity index (χ4v) is 2.61. The average molecular weight is 265 g/mol. The summed E-state index contributed by atoms with van der Waals surface area (Å²) in [5.41, 5.74) is 0.601. The summed E-state index contributed by atoms with van der Waals surface area (Å²) in [7, 11) is 4.29. The molecule has 2 rings (SSSR count). The van der Waals surface area contributed by atoms with Gasteiger partial charge in [0.1, 0.15) is 5.82 Å². The summed E-state index contributed by atoms with van der Waals surface area (Å²) >= 11 is 0. The first-order valence-electron chi connectivity index (χ1n) is 7.04. The molecule has 0 radical (unpaired) electrons. The summed E-state index contributed by atoms with van der Waals surface area (Å²) in [6.45, 7) is 4.04. The van der Waals surface area contributed by atoms with Crippen LogP contribution in [0, 0.1) is 5.82 Å². The zero-order valence-corrected chi connectivity index (χ0v) is 11.9. The summed E-state index contributed by atoms with van der Waals surface area (Å²) in [5.74, 6) is -0.174. The van der Waals surface area contributed by atoms with E-state index in [1.807, 2.05) is 6.07 Å². The van der Waals surface area contributed by atoms with Gasteiger partial charge < -0.3 is 15.1 Å². The Morgan fingerprint density at radius 1 is 1.37 bits per heavy atom. The van der Waals surface area contributed by atoms with E-state index in [2.05, 4.69) is 29.2 Å². The number of rotatable bonds is 5. The monoisotopic (exact) mass is 265 g/mol. The van der Waals surface area contributed by atoms with Crippen molar-refractivity contribution in [1.82, 2.24) is 9.80 Å². The number of para-hydroxylation sites is 1. The van der Waals surface area contributed by atoms with Gasteiger partial charge in [-0.05, 0) is 45.6 Å². The lowest BCUT2D eigenvalue weighted by atomic mass is 10.1. The lowest BCUT2D eigenvalue weighted by Gasteiger charge is -2.36. The zero-order valence-electron chi connectivity index (χ0n) is 11.9. The third-order valence-electron chi connectivity index (χ3n) is 3.83. The SMILES string of the molecule is CN(C)C1CCCN(CCNc2ccccc2F)C1. The number of anilines is 1. The quantitative estimate of drug-likeness (QED) is 0.881. The molecule has 0 spiro atoms. The lowest BCUT2D eigenvalue weighted by molar-refractivity contribution is 0.137. The molecule has 4 heteroatoms. The molecule has 1 heterocycles. The molecule has 3 nitrogen and oxygen atoms in total. The first-order valence-corrected chi connectivity index (χ1v) is 7.04. The van der Waals surface area contributed by atoms with Gasteiger partial charge >= 0.3 is 0 Å². The van der Waals surface area contributed by atoms with Crippen LogP contribution < -0.4 is 5.32 Å². The Morgan fingerprint density at radius 3 is 2.89 bits per heavy atom. The molecule has 1 saturated heterocycles. The van der Waals surface area contributed by atoms with E-state index in [1.54, 1.807) is 12.1 Å². The summed E-state index contributed by atoms with van der Waals surface area (Å²) in [6.07, 6.45) is 2.53. The van der Waals surface area contributed by atoms with E-state index in [9.17, 15) is 4.39 Å². The highest BCUT2D eigenvalue weighted by Crippen LogP contribution is 2.14. The van der Waals surface area contributed by atoms with Crippen molar-refractivity contribution in [1.29, 1.82) is 0 Å². The topological polar surface area (TPSA) is 18.5 Å². The molecule has 0 aliphatic carbocycles. The van der Waals surface area contributed by atoms with Crippen molar-refractivity contribution >= 4 is 5.69 Å². The van der Waals surface area contributed by atoms with Crippen LogP contribution in [0.2, 0.25) is 0 Å². The van der Waals surface area contributed by atoms with Crippen molar-refractivity contribution in [2.24, 2.45) is 0 Å². The van der Waals surface area contributed by atoms with Gasteiger partial charge in [0.25, 0.3) is 0 Å². The number of nitrogens with zero attached hydrogens (tertiary/aromatic N) is 2. The van der Waals surface area contributed by atoms with Crippen LogP contribution in [0.25, 0.3) is 0 Å². The van der Waals surface area contributed by atoms with Crippen LogP contribution in [0.1, 0.15) is 12.8 Å². The first-order chi connectivity index (χ1) is 9.16. The van der Waals surface area contributed by atoms with Gasteiger partial charge in [-0.1, -0.05) is 12.1 Å². The highest BCUT2D eigenvalue weighted by molar-refractivity contribution is 5.44. The molecule has 0 bridgehead atoms. The molecular weight excluding hydrogens is 241 g/mol. The number of hydrogen-bond donors (Lipinski definition) is 1. The van der Waals surface area contributed by atoms with Crippen LogP contribution in [0.3, 0.4) is 0 Å². The maximum atomic E-state index is 13.4. The Balaban J connectivity index is 1.75. The Kier molecular flexibility index (Phi) is 5.16. The molecule has 1 aromatic carbocycles. The van der Waals surface area contributed by atoms with Gasteiger partial charge in [0.05, 0.1) is 5.69 Å². The Bertz CT molecular complexity index is 395. The minimum Gasteiger partial charge on any atom is -0.381 e. The van der Waals surface area contributed by atoms with Gasteiger partial charge in [-0.25, -0.2) is 4.39 Å². The number of hydrogen-bond acceptors (Lipinski definition) is 3. The van der Waals surface area contributed by atoms with Gasteiger partial charge in [-0.3, -0.25) is 0 Å². The number of halogens is 1. The van der Waals surface area contributed by atoms with Gasteiger partial charge in [0, 0.05) is 25.7 Å². The summed E-state index contributed by atoms with van der Waals surface area (Å²) in [6, 6.07) is 7.50. The number of nitrogens with one attached hydrogen (secondary N) is 1. The zero-order chi connectivity index (χ0) is 13.7. The molecule has 1 aliphatic heterocycles. The predicted molar refractivity (Wildman–Crippen MR) is 78.0 cm³/mol. The second kappa shape index (κ2) is 6.87. The van der Waals surface area contributed by atoms with Crippen molar-refractivity contribution in [2.45, 2.75) is 18.9 Å². The Hall–Kier alpha value is -1.13. The van der Waals surface area contributed by atoms with Crippen molar-refractivity contribution in [3.63, 3.8) is 0 Å². The maximum Gasteiger partial charge on any atom is 0.146 e. The number of benzene rings is 1. The molecule has 1 aromatic rings. The fraction of sp³-hybridized carbons (Fsp3) is 0.600. The van der Waals surface area contributed by atoms with E-state index in [4.69, 9.17) is 0 Å². The molecule has 1 fully saturated rings. The highest BCUT2D eigenvalue weighted by Gasteiger charge is 2.20. The standard InChI is InChI=1S/C15H24FN3/c1-18(2)13-6-5-10-19(12-13)11-9-17-15-8-4-3-7-14(15)16/h3-4,7-8,13,17H,5-6,9-12H2,1-2H3. The van der Waals surface area contributed by atoms with Gasteiger partial charge in [0.15, 0.2) is 0 Å². The van der Waals surface area contributed by atoms with Crippen LogP contribution in [-0.2, 0) is 0 Å². The third kappa shape index (κ3) is 4.18. The molecule has 0 aromatic heterocycles. The van der Waals surface area contributed by atoms with Crippen LogP contribution >= 0.6 is 0 Å². The summed E-state index contributed by atoms with van der Waals surface area (Å²) in [4.78, 5) is 4.76. The van der Waals surface area contributed by atoms with Crippen molar-refractivity contribution in [3.8, 4) is 0 Å². The number of likely N-dealkylation sites (tertiary alicyclic amines) is 1. The van der Waals surface area contributed by atoms with E-state index in [0.717, 1.165) is 26.2 Å². The van der Waals surface area contributed by atoms with Gasteiger partial charge in [-0.2, -0.15) is 0 Å². The minimum atomic E-state index is -0.174. The van der Waals surface area contributed by atoms with Gasteiger partial charge in [0.2, 0.25) is 0 Å². The molecule has 1 N–H and O–H groups in total. The van der Waals surface area contributed by atoms with Crippen molar-refractivity contribution in [2.75, 3.05) is 45.6 Å². The molecule has 0 amide bonds. The molecule has 0 saturated carbocycles. The molecule has 1 aliphatic rings. The smallest absolute Gasteiger partial charge is 0.146 e. The number of likely N-dealkylation sites (N-methyl/N-ethyl adjacent to an activating group) is 1. The van der Waals surface area contributed by atoms with E-state index in [0.29, 0.717) is 11.7 Å². The summed E-state index contributed by atoms with van der Waals surface area (Å²) in [5, 5.41) is 3.17. The molecule has 1 atom stereocenters. The molecular formula is C15H24FN3. The molecule has 1 unspecified atom stereocenters. The van der Waals surface area contributed by atoms with E-state index >= 15 is 0 Å². The highest BCUT2D eigenvalue weighted by atomic mass is 19.1. The average Bonchev–Trinajstić information content (AvgIpc) is 2.41. The van der Waals surface area contributed by atoms with Gasteiger partial charge in [-0.15, -0.1) is 0 Å². The van der Waals surface area contributed by atoms with Crippen LogP contribution in [0.5, 0.6) is 0 Å². The second-order valence-electron chi connectivity index (χ2n) is 5.47. The second-order valence-corrected chi connectivity index (χ2v) is 5.47. The van der Waals surface area contributed by atoms with Crippen LogP contribution in [0.15, 0.2) is 24.3 Å². The normalized spacial score (nSPS) is 20.7. The Labute approximate surface area is 115 Å². The largest absolute Gasteiger partial charge is 0.381 e. The number of piperidine rings is 1. The fourth-order valence-electron chi connectivity index (χ4n) is 2.61. The molecule has 106 valence electrons. The predicted octanol–water partition coefficient (Wildman–Crippen LogP) is 2.26. The maximum absolute atomic E-state index is 13.4. The van der Waals surface area contributed by atoms with Crippen LogP contribution in [0.4, 0.5) is 10.1 Å². The van der Waals surface area contributed by atoms with Crippen molar-refractivity contribution in [3.05, 3.63) is 30.1 Å². The Morgan fingerprint density at radius 2 is 2.16 bits per heavy atom. The molecule has 19 heavy (non-hydrogen) atoms. The van der Waals surface area contributed by atoms with E-state index in [1.165, 1.54) is 18.9 Å². The first kappa shape index (κ1) is 14.3.